The number of para-hydroxylation sites is 1. The Bertz CT molecular complexity index is 751. The average molecular weight is 363 g/mol. The number of hydrogen-bond donors (Lipinski definition) is 1. The van der Waals surface area contributed by atoms with E-state index in [0.29, 0.717) is 11.4 Å². The summed E-state index contributed by atoms with van der Waals surface area (Å²) in [5.74, 6) is -0.510. The first kappa shape index (κ1) is 18.7. The van der Waals surface area contributed by atoms with Crippen LogP contribution in [0.4, 0.5) is 5.69 Å². The molecule has 1 aromatic heterocycles. The predicted octanol–water partition coefficient (Wildman–Crippen LogP) is 3.25. The van der Waals surface area contributed by atoms with E-state index in [9.17, 15) is 9.59 Å². The van der Waals surface area contributed by atoms with E-state index in [-0.39, 0.29) is 11.8 Å². The molecule has 0 aliphatic carbocycles. The third-order valence-electron chi connectivity index (χ3n) is 3.39. The Morgan fingerprint density at radius 1 is 1.24 bits per heavy atom. The number of carbonyl (C=O) groups excluding carboxylic acids is 2. The molecule has 1 heterocycles. The number of rotatable bonds is 7. The lowest BCUT2D eigenvalue weighted by Crippen LogP contribution is -2.31. The molecule has 132 valence electrons. The maximum absolute atomic E-state index is 12.1. The van der Waals surface area contributed by atoms with Gasteiger partial charge in [0.15, 0.2) is 17.9 Å². The summed E-state index contributed by atoms with van der Waals surface area (Å²) in [7, 11) is 0. The monoisotopic (exact) mass is 362 g/mol. The first-order valence-electron chi connectivity index (χ1n) is 7.82. The maximum Gasteiger partial charge on any atom is 0.344 e. The second-order valence-electron chi connectivity index (χ2n) is 5.21. The number of ether oxygens (including phenoxy) is 2. The number of anilines is 1. The largest absolute Gasteiger partial charge is 0.482 e. The van der Waals surface area contributed by atoms with Gasteiger partial charge in [-0.25, -0.2) is 9.78 Å². The van der Waals surface area contributed by atoms with Crippen LogP contribution in [0.25, 0.3) is 0 Å². The molecule has 0 spiro atoms. The summed E-state index contributed by atoms with van der Waals surface area (Å²) in [6, 6.07) is 10.7. The average Bonchev–Trinajstić information content (AvgIpc) is 2.62. The second-order valence-corrected chi connectivity index (χ2v) is 5.57. The topological polar surface area (TPSA) is 77.5 Å². The molecule has 1 atom stereocenters. The smallest absolute Gasteiger partial charge is 0.344 e. The Balaban J connectivity index is 1.85. The molecule has 0 bridgehead atoms. The lowest BCUT2D eigenvalue weighted by molar-refractivity contribution is -0.155. The Hall–Kier alpha value is -2.60. The van der Waals surface area contributed by atoms with Crippen molar-refractivity contribution in [1.29, 1.82) is 0 Å². The standard InChI is InChI=1S/C18H19ClN2O4/c1-3-13-7-4-5-9-15(13)24-11-16(22)25-12(2)18(23)21-14-8-6-10-20-17(14)19/h4-10,12H,3,11H2,1-2H3,(H,21,23). The van der Waals surface area contributed by atoms with Gasteiger partial charge in [0.2, 0.25) is 0 Å². The van der Waals surface area contributed by atoms with Crippen LogP contribution in [0.15, 0.2) is 42.6 Å². The van der Waals surface area contributed by atoms with Gasteiger partial charge in [-0.1, -0.05) is 36.7 Å². The summed E-state index contributed by atoms with van der Waals surface area (Å²) in [6.07, 6.45) is 1.30. The summed E-state index contributed by atoms with van der Waals surface area (Å²) < 4.78 is 10.6. The van der Waals surface area contributed by atoms with E-state index in [0.717, 1.165) is 12.0 Å². The van der Waals surface area contributed by atoms with Gasteiger partial charge < -0.3 is 14.8 Å². The van der Waals surface area contributed by atoms with Crippen molar-refractivity contribution in [2.45, 2.75) is 26.4 Å². The highest BCUT2D eigenvalue weighted by molar-refractivity contribution is 6.32. The molecule has 1 amide bonds. The fourth-order valence-electron chi connectivity index (χ4n) is 2.07. The molecule has 1 aromatic carbocycles. The second kappa shape index (κ2) is 9.03. The molecule has 25 heavy (non-hydrogen) atoms. The van der Waals surface area contributed by atoms with E-state index in [1.165, 1.54) is 13.1 Å². The quantitative estimate of drug-likeness (QED) is 0.604. The predicted molar refractivity (Wildman–Crippen MR) is 94.7 cm³/mol. The first-order valence-corrected chi connectivity index (χ1v) is 8.20. The van der Waals surface area contributed by atoms with Crippen LogP contribution in [-0.4, -0.2) is 29.6 Å². The number of pyridine rings is 1. The lowest BCUT2D eigenvalue weighted by atomic mass is 10.1. The van der Waals surface area contributed by atoms with E-state index < -0.39 is 18.0 Å². The van der Waals surface area contributed by atoms with Gasteiger partial charge in [0.25, 0.3) is 5.91 Å². The van der Waals surface area contributed by atoms with Gasteiger partial charge in [0.1, 0.15) is 5.75 Å². The van der Waals surface area contributed by atoms with Crippen molar-refractivity contribution in [1.82, 2.24) is 4.98 Å². The molecular weight excluding hydrogens is 344 g/mol. The van der Waals surface area contributed by atoms with Crippen LogP contribution in [0.1, 0.15) is 19.4 Å². The van der Waals surface area contributed by atoms with Crippen LogP contribution in [-0.2, 0) is 20.7 Å². The molecule has 0 fully saturated rings. The Morgan fingerprint density at radius 3 is 2.72 bits per heavy atom. The van der Waals surface area contributed by atoms with Crippen LogP contribution in [0.2, 0.25) is 5.15 Å². The fraction of sp³-hybridized carbons (Fsp3) is 0.278. The van der Waals surface area contributed by atoms with Gasteiger partial charge in [-0.2, -0.15) is 0 Å². The van der Waals surface area contributed by atoms with Crippen molar-refractivity contribution in [2.75, 3.05) is 11.9 Å². The minimum absolute atomic E-state index is 0.161. The summed E-state index contributed by atoms with van der Waals surface area (Å²) in [5.41, 5.74) is 1.34. The SMILES string of the molecule is CCc1ccccc1OCC(=O)OC(C)C(=O)Nc1cccnc1Cl. The van der Waals surface area contributed by atoms with Gasteiger partial charge in [0.05, 0.1) is 5.69 Å². The normalized spacial score (nSPS) is 11.5. The van der Waals surface area contributed by atoms with Gasteiger partial charge in [0, 0.05) is 6.20 Å². The van der Waals surface area contributed by atoms with Crippen LogP contribution >= 0.6 is 11.6 Å². The maximum atomic E-state index is 12.1. The molecule has 0 saturated heterocycles. The van der Waals surface area contributed by atoms with Crippen LogP contribution < -0.4 is 10.1 Å². The number of aryl methyl sites for hydroxylation is 1. The van der Waals surface area contributed by atoms with Crippen LogP contribution in [0, 0.1) is 0 Å². The summed E-state index contributed by atoms with van der Waals surface area (Å²) >= 11 is 5.87. The van der Waals surface area contributed by atoms with Gasteiger partial charge in [-0.3, -0.25) is 4.79 Å². The first-order chi connectivity index (χ1) is 12.0. The van der Waals surface area contributed by atoms with E-state index in [4.69, 9.17) is 21.1 Å². The van der Waals surface area contributed by atoms with Crippen molar-refractivity contribution >= 4 is 29.2 Å². The molecule has 2 aromatic rings. The van der Waals surface area contributed by atoms with Crippen molar-refractivity contribution in [3.63, 3.8) is 0 Å². The Labute approximate surface area is 151 Å². The Kier molecular flexibility index (Phi) is 6.77. The third-order valence-corrected chi connectivity index (χ3v) is 3.69. The summed E-state index contributed by atoms with van der Waals surface area (Å²) in [5, 5.41) is 2.72. The Morgan fingerprint density at radius 2 is 2.00 bits per heavy atom. The minimum Gasteiger partial charge on any atom is -0.482 e. The highest BCUT2D eigenvalue weighted by atomic mass is 35.5. The minimum atomic E-state index is -0.992. The number of hydrogen-bond acceptors (Lipinski definition) is 5. The number of esters is 1. The van der Waals surface area contributed by atoms with Gasteiger partial charge in [-0.05, 0) is 37.1 Å². The zero-order valence-corrected chi connectivity index (χ0v) is 14.7. The molecule has 7 heteroatoms. The highest BCUT2D eigenvalue weighted by Crippen LogP contribution is 2.19. The van der Waals surface area contributed by atoms with Crippen molar-refractivity contribution in [3.05, 3.63) is 53.3 Å². The number of halogens is 1. The van der Waals surface area contributed by atoms with Gasteiger partial charge in [-0.15, -0.1) is 0 Å². The molecule has 0 radical (unpaired) electrons. The van der Waals surface area contributed by atoms with E-state index >= 15 is 0 Å². The fourth-order valence-corrected chi connectivity index (χ4v) is 2.24. The molecule has 0 aliphatic rings. The number of nitrogens with one attached hydrogen (secondary N) is 1. The van der Waals surface area contributed by atoms with Crippen LogP contribution in [0.3, 0.4) is 0 Å². The van der Waals surface area contributed by atoms with Crippen LogP contribution in [0.5, 0.6) is 5.75 Å². The van der Waals surface area contributed by atoms with Gasteiger partial charge >= 0.3 is 5.97 Å². The molecule has 6 nitrogen and oxygen atoms in total. The van der Waals surface area contributed by atoms with E-state index in [1.807, 2.05) is 25.1 Å². The molecule has 2 rings (SSSR count). The summed E-state index contributed by atoms with van der Waals surface area (Å²) in [6.45, 7) is 3.19. The number of aromatic nitrogens is 1. The van der Waals surface area contributed by atoms with Crippen molar-refractivity contribution < 1.29 is 19.1 Å². The van der Waals surface area contributed by atoms with E-state index in [1.54, 1.807) is 18.2 Å². The number of nitrogens with zero attached hydrogens (tertiary/aromatic N) is 1. The van der Waals surface area contributed by atoms with Crippen molar-refractivity contribution in [2.24, 2.45) is 0 Å². The number of carbonyl (C=O) groups is 2. The summed E-state index contributed by atoms with van der Waals surface area (Å²) in [4.78, 5) is 27.8. The van der Waals surface area contributed by atoms with Crippen molar-refractivity contribution in [3.8, 4) is 5.75 Å². The molecular formula is C18H19ClN2O4. The third kappa shape index (κ3) is 5.46. The number of benzene rings is 1. The molecule has 1 unspecified atom stereocenters. The molecule has 1 N–H and O–H groups in total. The van der Waals surface area contributed by atoms with E-state index in [2.05, 4.69) is 10.3 Å². The molecule has 0 saturated carbocycles. The number of amides is 1. The molecule has 0 aliphatic heterocycles. The zero-order chi connectivity index (χ0) is 18.2. The lowest BCUT2D eigenvalue weighted by Gasteiger charge is -2.15. The zero-order valence-electron chi connectivity index (χ0n) is 14.0. The highest BCUT2D eigenvalue weighted by Gasteiger charge is 2.19.